The fraction of sp³-hybridized carbons (Fsp3) is 0.381. The van der Waals surface area contributed by atoms with Crippen molar-refractivity contribution < 1.29 is 27.8 Å². The summed E-state index contributed by atoms with van der Waals surface area (Å²) >= 11 is 0. The van der Waals surface area contributed by atoms with Gasteiger partial charge < -0.3 is 24.4 Å². The van der Waals surface area contributed by atoms with Crippen LogP contribution < -0.4 is 14.8 Å². The lowest BCUT2D eigenvalue weighted by atomic mass is 10.2. The van der Waals surface area contributed by atoms with E-state index in [1.807, 2.05) is 12.1 Å². The Morgan fingerprint density at radius 3 is 2.72 bits per heavy atom. The zero-order valence-electron chi connectivity index (χ0n) is 16.1. The van der Waals surface area contributed by atoms with Crippen molar-refractivity contribution in [2.24, 2.45) is 0 Å². The number of amides is 2. The molecule has 2 aromatic carbocycles. The zero-order chi connectivity index (χ0) is 20.6. The van der Waals surface area contributed by atoms with E-state index in [4.69, 9.17) is 9.47 Å². The van der Waals surface area contributed by atoms with Gasteiger partial charge in [0.05, 0.1) is 6.10 Å². The van der Waals surface area contributed by atoms with Crippen LogP contribution in [0.1, 0.15) is 18.4 Å². The molecule has 1 heterocycles. The van der Waals surface area contributed by atoms with E-state index in [9.17, 15) is 13.6 Å². The van der Waals surface area contributed by atoms with E-state index >= 15 is 0 Å². The molecule has 0 radical (unpaired) electrons. The molecule has 0 aliphatic carbocycles. The number of hydrogen-bond donors (Lipinski definition) is 1. The van der Waals surface area contributed by atoms with Gasteiger partial charge in [-0.3, -0.25) is 0 Å². The van der Waals surface area contributed by atoms with Crippen LogP contribution in [-0.4, -0.2) is 43.9 Å². The number of carbonyl (C=O) groups is 1. The molecule has 8 heteroatoms. The molecule has 1 unspecified atom stereocenters. The van der Waals surface area contributed by atoms with Gasteiger partial charge in [-0.15, -0.1) is 0 Å². The Morgan fingerprint density at radius 1 is 1.24 bits per heavy atom. The normalized spacial score (nSPS) is 15.9. The number of nitrogens with zero attached hydrogens (tertiary/aromatic N) is 1. The maximum Gasteiger partial charge on any atom is 0.387 e. The van der Waals surface area contributed by atoms with Gasteiger partial charge in [0.15, 0.2) is 0 Å². The van der Waals surface area contributed by atoms with Gasteiger partial charge in [-0.2, -0.15) is 8.78 Å². The third-order valence-electron chi connectivity index (χ3n) is 4.46. The molecule has 6 nitrogen and oxygen atoms in total. The molecule has 0 aromatic heterocycles. The molecule has 1 aliphatic heterocycles. The van der Waals surface area contributed by atoms with Crippen LogP contribution >= 0.6 is 0 Å². The van der Waals surface area contributed by atoms with Gasteiger partial charge in [0.25, 0.3) is 0 Å². The van der Waals surface area contributed by atoms with Gasteiger partial charge in [-0.1, -0.05) is 18.2 Å². The molecule has 2 amide bonds. The van der Waals surface area contributed by atoms with Crippen LogP contribution in [0.25, 0.3) is 0 Å². The fourth-order valence-corrected chi connectivity index (χ4v) is 2.97. The first-order chi connectivity index (χ1) is 14.0. The van der Waals surface area contributed by atoms with Gasteiger partial charge in [-0.05, 0) is 42.7 Å². The van der Waals surface area contributed by atoms with Crippen LogP contribution in [0.2, 0.25) is 0 Å². The molecular weight excluding hydrogens is 382 g/mol. The van der Waals surface area contributed by atoms with Crippen LogP contribution in [-0.2, 0) is 11.3 Å². The number of ether oxygens (including phenoxy) is 3. The summed E-state index contributed by atoms with van der Waals surface area (Å²) in [5.74, 6) is 0.742. The molecule has 0 spiro atoms. The Labute approximate surface area is 168 Å². The van der Waals surface area contributed by atoms with E-state index in [0.717, 1.165) is 25.0 Å². The molecule has 2 aromatic rings. The number of hydrogen-bond acceptors (Lipinski definition) is 4. The van der Waals surface area contributed by atoms with E-state index in [1.54, 1.807) is 31.3 Å². The summed E-state index contributed by atoms with van der Waals surface area (Å²) in [6.45, 7) is -1.28. The third kappa shape index (κ3) is 6.60. The topological polar surface area (TPSA) is 60.0 Å². The van der Waals surface area contributed by atoms with Crippen molar-refractivity contribution in [1.29, 1.82) is 0 Å². The maximum absolute atomic E-state index is 12.4. The van der Waals surface area contributed by atoms with Crippen molar-refractivity contribution in [3.63, 3.8) is 0 Å². The molecule has 3 rings (SSSR count). The summed E-state index contributed by atoms with van der Waals surface area (Å²) in [6.07, 6.45) is 2.17. The lowest BCUT2D eigenvalue weighted by molar-refractivity contribution is -0.0498. The highest BCUT2D eigenvalue weighted by Gasteiger charge is 2.16. The van der Waals surface area contributed by atoms with E-state index < -0.39 is 6.61 Å². The number of urea groups is 1. The van der Waals surface area contributed by atoms with Crippen molar-refractivity contribution in [3.05, 3.63) is 54.1 Å². The van der Waals surface area contributed by atoms with E-state index in [1.165, 1.54) is 17.0 Å². The van der Waals surface area contributed by atoms with Crippen molar-refractivity contribution in [3.8, 4) is 11.5 Å². The summed E-state index contributed by atoms with van der Waals surface area (Å²) < 4.78 is 40.0. The Morgan fingerprint density at radius 2 is 2.03 bits per heavy atom. The second kappa shape index (κ2) is 10.1. The Balaban J connectivity index is 1.50. The lowest BCUT2D eigenvalue weighted by Gasteiger charge is -2.19. The molecule has 0 bridgehead atoms. The minimum absolute atomic E-state index is 0.0793. The number of nitrogens with one attached hydrogen (secondary N) is 1. The quantitative estimate of drug-likeness (QED) is 0.701. The number of carbonyl (C=O) groups excluding carboxylic acids is 1. The van der Waals surface area contributed by atoms with Crippen LogP contribution in [0, 0.1) is 0 Å². The largest absolute Gasteiger partial charge is 0.491 e. The van der Waals surface area contributed by atoms with Gasteiger partial charge in [-0.25, -0.2) is 4.79 Å². The second-order valence-corrected chi connectivity index (χ2v) is 6.78. The standard InChI is InChI=1S/C21H24F2N2O4/c1-25(13-15-7-9-17(10-8-15)29-20(22)23)21(26)24-16-4-2-5-18(12-16)28-14-19-6-3-11-27-19/h2,4-5,7-10,12,19-20H,3,6,11,13-14H2,1H3,(H,24,26). The third-order valence-corrected chi connectivity index (χ3v) is 4.46. The number of anilines is 1. The van der Waals surface area contributed by atoms with E-state index in [0.29, 0.717) is 24.6 Å². The Kier molecular flexibility index (Phi) is 7.24. The smallest absolute Gasteiger partial charge is 0.387 e. The van der Waals surface area contributed by atoms with Crippen LogP contribution in [0.4, 0.5) is 19.3 Å². The molecule has 1 aliphatic rings. The van der Waals surface area contributed by atoms with Crippen LogP contribution in [0.15, 0.2) is 48.5 Å². The highest BCUT2D eigenvalue weighted by molar-refractivity contribution is 5.89. The van der Waals surface area contributed by atoms with E-state index in [2.05, 4.69) is 10.1 Å². The van der Waals surface area contributed by atoms with Crippen LogP contribution in [0.3, 0.4) is 0 Å². The summed E-state index contributed by atoms with van der Waals surface area (Å²) in [5.41, 5.74) is 1.41. The van der Waals surface area contributed by atoms with Crippen molar-refractivity contribution in [2.45, 2.75) is 32.1 Å². The van der Waals surface area contributed by atoms with Gasteiger partial charge >= 0.3 is 12.6 Å². The van der Waals surface area contributed by atoms with Crippen molar-refractivity contribution >= 4 is 11.7 Å². The van der Waals surface area contributed by atoms with Crippen LogP contribution in [0.5, 0.6) is 11.5 Å². The first kappa shape index (κ1) is 20.9. The number of rotatable bonds is 8. The molecule has 29 heavy (non-hydrogen) atoms. The van der Waals surface area contributed by atoms with Gasteiger partial charge in [0.1, 0.15) is 18.1 Å². The second-order valence-electron chi connectivity index (χ2n) is 6.78. The summed E-state index contributed by atoms with van der Waals surface area (Å²) in [5, 5.41) is 2.82. The Bertz CT molecular complexity index is 796. The molecule has 156 valence electrons. The van der Waals surface area contributed by atoms with Crippen molar-refractivity contribution in [1.82, 2.24) is 4.90 Å². The number of benzene rings is 2. The first-order valence-electron chi connectivity index (χ1n) is 9.40. The molecule has 1 atom stereocenters. The van der Waals surface area contributed by atoms with Gasteiger partial charge in [0, 0.05) is 32.0 Å². The highest BCUT2D eigenvalue weighted by atomic mass is 19.3. The summed E-state index contributed by atoms with van der Waals surface area (Å²) in [4.78, 5) is 13.9. The SMILES string of the molecule is CN(Cc1ccc(OC(F)F)cc1)C(=O)Nc1cccc(OCC2CCCO2)c1. The first-order valence-corrected chi connectivity index (χ1v) is 9.40. The monoisotopic (exact) mass is 406 g/mol. The average molecular weight is 406 g/mol. The Hall–Kier alpha value is -2.87. The predicted octanol–water partition coefficient (Wildman–Crippen LogP) is 4.51. The van der Waals surface area contributed by atoms with Crippen molar-refractivity contribution in [2.75, 3.05) is 25.6 Å². The number of halogens is 2. The average Bonchev–Trinajstić information content (AvgIpc) is 3.21. The summed E-state index contributed by atoms with van der Waals surface area (Å²) in [6, 6.07) is 13.1. The maximum atomic E-state index is 12.4. The zero-order valence-corrected chi connectivity index (χ0v) is 16.1. The minimum Gasteiger partial charge on any atom is -0.491 e. The van der Waals surface area contributed by atoms with E-state index in [-0.39, 0.29) is 17.9 Å². The molecule has 0 saturated carbocycles. The highest BCUT2D eigenvalue weighted by Crippen LogP contribution is 2.20. The molecule has 1 fully saturated rings. The molecular formula is C21H24F2N2O4. The minimum atomic E-state index is -2.86. The van der Waals surface area contributed by atoms with Gasteiger partial charge in [0.2, 0.25) is 0 Å². The summed E-state index contributed by atoms with van der Waals surface area (Å²) in [7, 11) is 1.65. The predicted molar refractivity (Wildman–Crippen MR) is 104 cm³/mol. The fourth-order valence-electron chi connectivity index (χ4n) is 2.97. The lowest BCUT2D eigenvalue weighted by Crippen LogP contribution is -2.30. The number of alkyl halides is 2. The molecule has 1 saturated heterocycles. The molecule has 1 N–H and O–H groups in total.